The molecule has 2 nitrogen and oxygen atoms in total. The van der Waals surface area contributed by atoms with Crippen LogP contribution in [-0.4, -0.2) is 28.6 Å². The first-order chi connectivity index (χ1) is 10.4. The van der Waals surface area contributed by atoms with Gasteiger partial charge < -0.3 is 10.2 Å². The van der Waals surface area contributed by atoms with Crippen molar-refractivity contribution in [2.24, 2.45) is 28.6 Å². The fourth-order valence-electron chi connectivity index (χ4n) is 6.74. The molecule has 4 aliphatic rings. The molecule has 0 aromatic rings. The largest absolute Gasteiger partial charge is 0.393 e. The van der Waals surface area contributed by atoms with Crippen LogP contribution in [0.2, 0.25) is 0 Å². The van der Waals surface area contributed by atoms with Gasteiger partial charge in [-0.3, -0.25) is 0 Å². The zero-order valence-corrected chi connectivity index (χ0v) is 13.8. The van der Waals surface area contributed by atoms with Crippen molar-refractivity contribution in [1.29, 1.82) is 0 Å². The molecular formula is C19H29FO2. The van der Waals surface area contributed by atoms with Gasteiger partial charge in [-0.15, -0.1) is 0 Å². The van der Waals surface area contributed by atoms with Crippen molar-refractivity contribution >= 4 is 0 Å². The summed E-state index contributed by atoms with van der Waals surface area (Å²) in [6.07, 6.45) is 6.68. The summed E-state index contributed by atoms with van der Waals surface area (Å²) in [5, 5.41) is 20.4. The maximum absolute atomic E-state index is 15.3. The summed E-state index contributed by atoms with van der Waals surface area (Å²) in [5.41, 5.74) is 1.01. The van der Waals surface area contributed by atoms with Gasteiger partial charge in [0, 0.05) is 5.92 Å². The van der Waals surface area contributed by atoms with E-state index in [1.54, 1.807) is 0 Å². The Balaban J connectivity index is 1.72. The minimum atomic E-state index is -0.817. The molecule has 3 fully saturated rings. The lowest BCUT2D eigenvalue weighted by molar-refractivity contribution is -0.117. The average Bonchev–Trinajstić information content (AvgIpc) is 2.75. The van der Waals surface area contributed by atoms with E-state index in [9.17, 15) is 10.2 Å². The van der Waals surface area contributed by atoms with Crippen molar-refractivity contribution in [2.45, 2.75) is 77.2 Å². The molecule has 0 heterocycles. The van der Waals surface area contributed by atoms with Crippen LogP contribution in [-0.2, 0) is 0 Å². The standard InChI is InChI=1S/C19H29FO2/c1-18-8-7-12(21)9-11(18)3-4-13-14-5-6-16(22)19(14,2)10-15(20)17(13)18/h9,12-17,21-22H,3-8,10H2,1-2H3/t12-,13-,14-,15-,16-,17+,18-,19-/m0/s1. The van der Waals surface area contributed by atoms with E-state index in [1.165, 1.54) is 5.57 Å². The van der Waals surface area contributed by atoms with Gasteiger partial charge in [0.2, 0.25) is 0 Å². The molecule has 22 heavy (non-hydrogen) atoms. The predicted octanol–water partition coefficient (Wildman–Crippen LogP) is 3.62. The quantitative estimate of drug-likeness (QED) is 0.671. The average molecular weight is 308 g/mol. The van der Waals surface area contributed by atoms with Crippen LogP contribution in [0.15, 0.2) is 11.6 Å². The lowest BCUT2D eigenvalue weighted by atomic mass is 9.47. The van der Waals surface area contributed by atoms with Crippen LogP contribution < -0.4 is 0 Å². The van der Waals surface area contributed by atoms with Gasteiger partial charge >= 0.3 is 0 Å². The number of alkyl halides is 1. The van der Waals surface area contributed by atoms with Crippen LogP contribution in [0.5, 0.6) is 0 Å². The third kappa shape index (κ3) is 1.84. The van der Waals surface area contributed by atoms with Crippen molar-refractivity contribution in [2.75, 3.05) is 0 Å². The van der Waals surface area contributed by atoms with Gasteiger partial charge in [0.15, 0.2) is 0 Å². The highest BCUT2D eigenvalue weighted by Gasteiger charge is 2.62. The lowest BCUT2D eigenvalue weighted by Gasteiger charge is -2.59. The number of aliphatic hydroxyl groups excluding tert-OH is 2. The molecule has 0 amide bonds. The zero-order chi connectivity index (χ0) is 15.7. The molecule has 3 heteroatoms. The Morgan fingerprint density at radius 1 is 1.14 bits per heavy atom. The molecule has 0 aromatic carbocycles. The van der Waals surface area contributed by atoms with Crippen LogP contribution in [0.3, 0.4) is 0 Å². The third-order valence-electron chi connectivity index (χ3n) is 7.93. The molecule has 4 aliphatic carbocycles. The maximum atomic E-state index is 15.3. The molecule has 124 valence electrons. The SMILES string of the molecule is C[C@]12C[C@H](F)[C@H]3[C@@H](CCC4=C[C@@H](O)CC[C@@]43C)[C@@H]1CC[C@@H]2O. The molecule has 0 spiro atoms. The molecule has 0 unspecified atom stereocenters. The molecule has 0 aromatic heterocycles. The Hall–Kier alpha value is -0.410. The van der Waals surface area contributed by atoms with Gasteiger partial charge in [-0.05, 0) is 67.6 Å². The second-order valence-corrected chi connectivity index (χ2v) is 8.87. The molecule has 4 rings (SSSR count). The number of hydrogen-bond donors (Lipinski definition) is 2. The minimum Gasteiger partial charge on any atom is -0.393 e. The number of hydrogen-bond acceptors (Lipinski definition) is 2. The highest BCUT2D eigenvalue weighted by atomic mass is 19.1. The number of allylic oxidation sites excluding steroid dienone is 1. The highest BCUT2D eigenvalue weighted by molar-refractivity contribution is 5.26. The summed E-state index contributed by atoms with van der Waals surface area (Å²) in [6.45, 7) is 4.36. The van der Waals surface area contributed by atoms with Gasteiger partial charge in [-0.1, -0.05) is 25.5 Å². The second-order valence-electron chi connectivity index (χ2n) is 8.87. The summed E-state index contributed by atoms with van der Waals surface area (Å²) in [4.78, 5) is 0. The molecule has 2 N–H and O–H groups in total. The normalized spacial score (nSPS) is 57.6. The van der Waals surface area contributed by atoms with Crippen molar-refractivity contribution < 1.29 is 14.6 Å². The van der Waals surface area contributed by atoms with E-state index in [-0.39, 0.29) is 29.0 Å². The Morgan fingerprint density at radius 2 is 1.91 bits per heavy atom. The van der Waals surface area contributed by atoms with E-state index in [4.69, 9.17) is 0 Å². The molecule has 0 saturated heterocycles. The Bertz CT molecular complexity index is 504. The number of aliphatic hydroxyl groups is 2. The monoisotopic (exact) mass is 308 g/mol. The van der Waals surface area contributed by atoms with E-state index in [1.807, 2.05) is 6.08 Å². The van der Waals surface area contributed by atoms with E-state index >= 15 is 4.39 Å². The summed E-state index contributed by atoms with van der Waals surface area (Å²) in [7, 11) is 0. The van der Waals surface area contributed by atoms with Crippen molar-refractivity contribution in [1.82, 2.24) is 0 Å². The highest BCUT2D eigenvalue weighted by Crippen LogP contribution is 2.65. The summed E-state index contributed by atoms with van der Waals surface area (Å²) in [5.74, 6) is 0.969. The third-order valence-corrected chi connectivity index (χ3v) is 7.93. The van der Waals surface area contributed by atoms with E-state index in [0.29, 0.717) is 18.3 Å². The summed E-state index contributed by atoms with van der Waals surface area (Å²) < 4.78 is 15.3. The second kappa shape index (κ2) is 4.80. The first-order valence-corrected chi connectivity index (χ1v) is 9.07. The molecular weight excluding hydrogens is 279 g/mol. The first kappa shape index (κ1) is 15.1. The molecule has 8 atom stereocenters. The molecule has 3 saturated carbocycles. The number of halogens is 1. The van der Waals surface area contributed by atoms with Crippen LogP contribution in [0, 0.1) is 28.6 Å². The van der Waals surface area contributed by atoms with E-state index in [2.05, 4.69) is 13.8 Å². The summed E-state index contributed by atoms with van der Waals surface area (Å²) >= 11 is 0. The number of rotatable bonds is 0. The van der Waals surface area contributed by atoms with Crippen LogP contribution >= 0.6 is 0 Å². The first-order valence-electron chi connectivity index (χ1n) is 9.07. The van der Waals surface area contributed by atoms with Gasteiger partial charge in [0.25, 0.3) is 0 Å². The van der Waals surface area contributed by atoms with E-state index < -0.39 is 6.17 Å². The van der Waals surface area contributed by atoms with Crippen LogP contribution in [0.25, 0.3) is 0 Å². The minimum absolute atomic E-state index is 0.0730. The van der Waals surface area contributed by atoms with Gasteiger partial charge in [-0.2, -0.15) is 0 Å². The molecule has 0 aliphatic heterocycles. The Kier molecular flexibility index (Phi) is 3.30. The van der Waals surface area contributed by atoms with Gasteiger partial charge in [-0.25, -0.2) is 4.39 Å². The van der Waals surface area contributed by atoms with Crippen molar-refractivity contribution in [3.05, 3.63) is 11.6 Å². The molecule has 0 bridgehead atoms. The number of fused-ring (bicyclic) bond motifs is 5. The van der Waals surface area contributed by atoms with Crippen molar-refractivity contribution in [3.8, 4) is 0 Å². The Labute approximate surface area is 132 Å². The van der Waals surface area contributed by atoms with Gasteiger partial charge in [0.1, 0.15) is 6.17 Å². The zero-order valence-electron chi connectivity index (χ0n) is 13.8. The predicted molar refractivity (Wildman–Crippen MR) is 84.0 cm³/mol. The molecule has 0 radical (unpaired) electrons. The maximum Gasteiger partial charge on any atom is 0.105 e. The lowest BCUT2D eigenvalue weighted by Crippen LogP contribution is -2.56. The van der Waals surface area contributed by atoms with E-state index in [0.717, 1.165) is 38.5 Å². The fraction of sp³-hybridized carbons (Fsp3) is 0.895. The smallest absolute Gasteiger partial charge is 0.105 e. The van der Waals surface area contributed by atoms with Gasteiger partial charge in [0.05, 0.1) is 12.2 Å². The summed E-state index contributed by atoms with van der Waals surface area (Å²) in [6, 6.07) is 0. The van der Waals surface area contributed by atoms with Crippen LogP contribution in [0.4, 0.5) is 4.39 Å². The van der Waals surface area contributed by atoms with Crippen molar-refractivity contribution in [3.63, 3.8) is 0 Å². The Morgan fingerprint density at radius 3 is 2.68 bits per heavy atom. The topological polar surface area (TPSA) is 40.5 Å². The fourth-order valence-corrected chi connectivity index (χ4v) is 6.74. The van der Waals surface area contributed by atoms with Crippen LogP contribution in [0.1, 0.15) is 58.8 Å².